The van der Waals surface area contributed by atoms with Gasteiger partial charge in [0.2, 0.25) is 0 Å². The van der Waals surface area contributed by atoms with Gasteiger partial charge in [-0.1, -0.05) is 76.9 Å². The molecule has 0 fully saturated rings. The summed E-state index contributed by atoms with van der Waals surface area (Å²) in [5.74, 6) is 0. The van der Waals surface area contributed by atoms with E-state index in [2.05, 4.69) is 24.0 Å². The largest absolute Gasteiger partial charge is 0.395 e. The summed E-state index contributed by atoms with van der Waals surface area (Å²) in [6, 6.07) is 0. The molecule has 0 radical (unpaired) electrons. The molecule has 156 valence electrons. The van der Waals surface area contributed by atoms with Crippen molar-refractivity contribution in [2.24, 2.45) is 0 Å². The second kappa shape index (κ2) is 22.7. The minimum atomic E-state index is 0.228. The number of allylic oxidation sites excluding steroid dienone is 2. The SMILES string of the molecule is CCCCCCCC/C=C\CCCCCCCCOCCN(C)CCO. The van der Waals surface area contributed by atoms with Crippen molar-refractivity contribution in [3.05, 3.63) is 12.2 Å². The Morgan fingerprint density at radius 2 is 1.23 bits per heavy atom. The first kappa shape index (κ1) is 25.6. The zero-order chi connectivity index (χ0) is 19.1. The van der Waals surface area contributed by atoms with Gasteiger partial charge >= 0.3 is 0 Å². The number of aliphatic hydroxyl groups excluding tert-OH is 1. The highest BCUT2D eigenvalue weighted by Crippen LogP contribution is 2.09. The van der Waals surface area contributed by atoms with Crippen LogP contribution < -0.4 is 0 Å². The van der Waals surface area contributed by atoms with Crippen LogP contribution in [0, 0.1) is 0 Å². The Bertz CT molecular complexity index is 281. The molecule has 3 heteroatoms. The molecule has 0 aromatic heterocycles. The molecule has 0 heterocycles. The van der Waals surface area contributed by atoms with E-state index < -0.39 is 0 Å². The molecule has 0 saturated heterocycles. The predicted octanol–water partition coefficient (Wildman–Crippen LogP) is 5.96. The fourth-order valence-electron chi connectivity index (χ4n) is 3.06. The van der Waals surface area contributed by atoms with E-state index in [0.717, 1.165) is 26.3 Å². The predicted molar refractivity (Wildman–Crippen MR) is 115 cm³/mol. The van der Waals surface area contributed by atoms with Crippen LogP contribution >= 0.6 is 0 Å². The van der Waals surface area contributed by atoms with Gasteiger partial charge in [-0.2, -0.15) is 0 Å². The van der Waals surface area contributed by atoms with E-state index in [4.69, 9.17) is 9.84 Å². The summed E-state index contributed by atoms with van der Waals surface area (Å²) in [6.07, 6.45) is 23.6. The molecule has 0 amide bonds. The van der Waals surface area contributed by atoms with Gasteiger partial charge in [-0.05, 0) is 39.2 Å². The van der Waals surface area contributed by atoms with Crippen molar-refractivity contribution in [3.8, 4) is 0 Å². The molecule has 0 saturated carbocycles. The third-order valence-electron chi connectivity index (χ3n) is 4.90. The summed E-state index contributed by atoms with van der Waals surface area (Å²) in [5, 5.41) is 8.81. The van der Waals surface area contributed by atoms with Crippen LogP contribution in [0.1, 0.15) is 96.8 Å². The number of likely N-dealkylation sites (N-methyl/N-ethyl adjacent to an activating group) is 1. The van der Waals surface area contributed by atoms with Gasteiger partial charge < -0.3 is 14.7 Å². The molecule has 0 atom stereocenters. The topological polar surface area (TPSA) is 32.7 Å². The Kier molecular flexibility index (Phi) is 22.3. The van der Waals surface area contributed by atoms with Crippen molar-refractivity contribution in [3.63, 3.8) is 0 Å². The first-order chi connectivity index (χ1) is 12.8. The lowest BCUT2D eigenvalue weighted by Crippen LogP contribution is -2.26. The third-order valence-corrected chi connectivity index (χ3v) is 4.90. The zero-order valence-corrected chi connectivity index (χ0v) is 17.9. The van der Waals surface area contributed by atoms with Gasteiger partial charge in [0.05, 0.1) is 13.2 Å². The first-order valence-corrected chi connectivity index (χ1v) is 11.3. The summed E-state index contributed by atoms with van der Waals surface area (Å²) >= 11 is 0. The van der Waals surface area contributed by atoms with Gasteiger partial charge in [-0.3, -0.25) is 0 Å². The van der Waals surface area contributed by atoms with Gasteiger partial charge in [-0.25, -0.2) is 0 Å². The van der Waals surface area contributed by atoms with E-state index in [0.29, 0.717) is 0 Å². The van der Waals surface area contributed by atoms with Crippen LogP contribution in [0.25, 0.3) is 0 Å². The second-order valence-corrected chi connectivity index (χ2v) is 7.58. The molecule has 0 aliphatic rings. The number of rotatable bonds is 21. The van der Waals surface area contributed by atoms with E-state index >= 15 is 0 Å². The van der Waals surface area contributed by atoms with Crippen LogP contribution in [0.5, 0.6) is 0 Å². The van der Waals surface area contributed by atoms with E-state index in [1.54, 1.807) is 0 Å². The molecular weight excluding hydrogens is 322 g/mol. The standard InChI is InChI=1S/C23H47NO2/c1-3-4-5-6-7-8-9-10-11-12-13-14-15-16-17-18-22-26-23-20-24(2)19-21-25/h10-11,25H,3-9,12-23H2,1-2H3/b11-10-. The van der Waals surface area contributed by atoms with Crippen molar-refractivity contribution >= 4 is 0 Å². The molecule has 0 unspecified atom stereocenters. The van der Waals surface area contributed by atoms with E-state index in [1.165, 1.54) is 89.9 Å². The van der Waals surface area contributed by atoms with E-state index in [-0.39, 0.29) is 6.61 Å². The highest BCUT2D eigenvalue weighted by Gasteiger charge is 1.97. The van der Waals surface area contributed by atoms with Gasteiger partial charge in [0.15, 0.2) is 0 Å². The summed E-state index contributed by atoms with van der Waals surface area (Å²) in [4.78, 5) is 2.10. The number of unbranched alkanes of at least 4 members (excludes halogenated alkanes) is 12. The van der Waals surface area contributed by atoms with E-state index in [1.807, 2.05) is 7.05 Å². The zero-order valence-electron chi connectivity index (χ0n) is 17.9. The monoisotopic (exact) mass is 369 g/mol. The molecule has 0 aromatic carbocycles. The van der Waals surface area contributed by atoms with Gasteiger partial charge in [0.1, 0.15) is 0 Å². The molecule has 0 bridgehead atoms. The van der Waals surface area contributed by atoms with E-state index in [9.17, 15) is 0 Å². The van der Waals surface area contributed by atoms with Gasteiger partial charge in [0, 0.05) is 19.7 Å². The summed E-state index contributed by atoms with van der Waals surface area (Å²) < 4.78 is 5.64. The van der Waals surface area contributed by atoms with Crippen molar-refractivity contribution in [1.82, 2.24) is 4.90 Å². The highest BCUT2D eigenvalue weighted by atomic mass is 16.5. The Hall–Kier alpha value is -0.380. The van der Waals surface area contributed by atoms with Crippen LogP contribution in [0.15, 0.2) is 12.2 Å². The fourth-order valence-corrected chi connectivity index (χ4v) is 3.06. The van der Waals surface area contributed by atoms with Crippen LogP contribution in [0.2, 0.25) is 0 Å². The fraction of sp³-hybridized carbons (Fsp3) is 0.913. The van der Waals surface area contributed by atoms with Gasteiger partial charge in [0.25, 0.3) is 0 Å². The molecule has 0 spiro atoms. The lowest BCUT2D eigenvalue weighted by molar-refractivity contribution is 0.102. The van der Waals surface area contributed by atoms with Crippen LogP contribution in [-0.2, 0) is 4.74 Å². The average molecular weight is 370 g/mol. The number of nitrogens with zero attached hydrogens (tertiary/aromatic N) is 1. The lowest BCUT2D eigenvalue weighted by atomic mass is 10.1. The van der Waals surface area contributed by atoms with Crippen molar-refractivity contribution < 1.29 is 9.84 Å². The van der Waals surface area contributed by atoms with Crippen molar-refractivity contribution in [1.29, 1.82) is 0 Å². The number of ether oxygens (including phenoxy) is 1. The maximum absolute atomic E-state index is 8.81. The molecule has 0 aliphatic carbocycles. The minimum absolute atomic E-state index is 0.228. The lowest BCUT2D eigenvalue weighted by Gasteiger charge is -2.14. The Morgan fingerprint density at radius 1 is 0.692 bits per heavy atom. The number of aliphatic hydroxyl groups is 1. The minimum Gasteiger partial charge on any atom is -0.395 e. The Balaban J connectivity index is 3.09. The molecule has 0 rings (SSSR count). The van der Waals surface area contributed by atoms with Crippen molar-refractivity contribution in [2.75, 3.05) is 40.0 Å². The number of hydrogen-bond donors (Lipinski definition) is 1. The molecule has 3 nitrogen and oxygen atoms in total. The maximum Gasteiger partial charge on any atom is 0.0593 e. The second-order valence-electron chi connectivity index (χ2n) is 7.58. The maximum atomic E-state index is 8.81. The number of hydrogen-bond acceptors (Lipinski definition) is 3. The average Bonchev–Trinajstić information content (AvgIpc) is 2.64. The Labute approximate surface area is 164 Å². The van der Waals surface area contributed by atoms with Crippen LogP contribution in [-0.4, -0.2) is 50.0 Å². The molecule has 1 N–H and O–H groups in total. The molecule has 26 heavy (non-hydrogen) atoms. The van der Waals surface area contributed by atoms with Crippen molar-refractivity contribution in [2.45, 2.75) is 96.8 Å². The summed E-state index contributed by atoms with van der Waals surface area (Å²) in [6.45, 7) is 5.81. The Morgan fingerprint density at radius 3 is 1.81 bits per heavy atom. The first-order valence-electron chi connectivity index (χ1n) is 11.3. The molecule has 0 aromatic rings. The van der Waals surface area contributed by atoms with Gasteiger partial charge in [-0.15, -0.1) is 0 Å². The van der Waals surface area contributed by atoms with Crippen LogP contribution in [0.4, 0.5) is 0 Å². The summed E-state index contributed by atoms with van der Waals surface area (Å²) in [7, 11) is 2.02. The smallest absolute Gasteiger partial charge is 0.0593 e. The molecular formula is C23H47NO2. The quantitative estimate of drug-likeness (QED) is 0.200. The normalized spacial score (nSPS) is 11.8. The van der Waals surface area contributed by atoms with Crippen LogP contribution in [0.3, 0.4) is 0 Å². The summed E-state index contributed by atoms with van der Waals surface area (Å²) in [5.41, 5.74) is 0. The molecule has 0 aliphatic heterocycles. The third kappa shape index (κ3) is 21.7. The highest BCUT2D eigenvalue weighted by molar-refractivity contribution is 4.81.